The molecule has 0 unspecified atom stereocenters. The van der Waals surface area contributed by atoms with Crippen LogP contribution < -0.4 is 0 Å². The molecule has 0 N–H and O–H groups in total. The summed E-state index contributed by atoms with van der Waals surface area (Å²) in [4.78, 5) is 29.9. The summed E-state index contributed by atoms with van der Waals surface area (Å²) in [6.07, 6.45) is 1.34. The molecule has 166 valence electrons. The Bertz CT molecular complexity index is 1490. The average Bonchev–Trinajstić information content (AvgIpc) is 3.39. The van der Waals surface area contributed by atoms with E-state index in [0.717, 1.165) is 11.3 Å². The number of allylic oxidation sites excluding steroid dienone is 1. The first kappa shape index (κ1) is 22.1. The van der Waals surface area contributed by atoms with Gasteiger partial charge in [0.1, 0.15) is 9.84 Å². The molecule has 0 saturated carbocycles. The summed E-state index contributed by atoms with van der Waals surface area (Å²) in [6.45, 7) is 0. The second kappa shape index (κ2) is 7.69. The zero-order chi connectivity index (χ0) is 23.8. The topological polar surface area (TPSA) is 47.0 Å². The third-order valence-electron chi connectivity index (χ3n) is 4.86. The van der Waals surface area contributed by atoms with Gasteiger partial charge in [0, 0.05) is 16.0 Å². The minimum atomic E-state index is -2.25. The van der Waals surface area contributed by atoms with Crippen LogP contribution in [0.15, 0.2) is 23.8 Å². The van der Waals surface area contributed by atoms with Gasteiger partial charge < -0.3 is 0 Å². The van der Waals surface area contributed by atoms with Crippen LogP contribution in [0.25, 0.3) is 26.2 Å². The summed E-state index contributed by atoms with van der Waals surface area (Å²) in [5, 5.41) is -0.147. The van der Waals surface area contributed by atoms with Crippen molar-refractivity contribution in [1.29, 1.82) is 0 Å². The molecular formula is C21H4Cl2F5NO2S2. The number of ketones is 2. The van der Waals surface area contributed by atoms with E-state index >= 15 is 0 Å². The van der Waals surface area contributed by atoms with E-state index in [2.05, 4.69) is 4.98 Å². The van der Waals surface area contributed by atoms with Crippen molar-refractivity contribution >= 4 is 73.0 Å². The van der Waals surface area contributed by atoms with Crippen molar-refractivity contribution in [3.05, 3.63) is 78.9 Å². The number of rotatable bonds is 2. The van der Waals surface area contributed by atoms with Crippen LogP contribution in [0.5, 0.6) is 0 Å². The Kier molecular flexibility index (Phi) is 5.16. The molecule has 1 aliphatic carbocycles. The number of hydrogen-bond donors (Lipinski definition) is 0. The number of halogens is 7. The van der Waals surface area contributed by atoms with Crippen LogP contribution in [0.2, 0.25) is 10.0 Å². The zero-order valence-electron chi connectivity index (χ0n) is 15.5. The lowest BCUT2D eigenvalue weighted by atomic mass is 10.1. The second-order valence-corrected chi connectivity index (χ2v) is 9.72. The fraction of sp³-hybridized carbons (Fsp3) is 0. The van der Waals surface area contributed by atoms with Gasteiger partial charge in [0.15, 0.2) is 34.8 Å². The lowest BCUT2D eigenvalue weighted by Crippen LogP contribution is -2.03. The molecule has 3 nitrogen and oxygen atoms in total. The summed E-state index contributed by atoms with van der Waals surface area (Å²) in [6, 6.07) is 4.11. The lowest BCUT2D eigenvalue weighted by Gasteiger charge is -2.05. The second-order valence-electron chi connectivity index (χ2n) is 6.81. The normalized spacial score (nSPS) is 13.4. The third kappa shape index (κ3) is 3.31. The molecule has 0 fully saturated rings. The van der Waals surface area contributed by atoms with Crippen molar-refractivity contribution in [1.82, 2.24) is 4.98 Å². The smallest absolute Gasteiger partial charge is 0.200 e. The molecule has 2 aromatic heterocycles. The maximum Gasteiger partial charge on any atom is 0.200 e. The van der Waals surface area contributed by atoms with Gasteiger partial charge in [0.2, 0.25) is 5.82 Å². The van der Waals surface area contributed by atoms with E-state index in [0.29, 0.717) is 20.9 Å². The summed E-state index contributed by atoms with van der Waals surface area (Å²) in [7, 11) is 0. The first-order chi connectivity index (χ1) is 15.6. The molecule has 33 heavy (non-hydrogen) atoms. The fourth-order valence-electron chi connectivity index (χ4n) is 3.31. The van der Waals surface area contributed by atoms with Crippen molar-refractivity contribution in [2.24, 2.45) is 0 Å². The number of aromatic nitrogens is 1. The highest BCUT2D eigenvalue weighted by Crippen LogP contribution is 2.40. The SMILES string of the molecule is O=C1C(=Cc2cc3sc(-c4c(F)c(F)c(F)c(F)c4F)nc3s2)C(=O)c2cc(Cl)c(Cl)cc21. The van der Waals surface area contributed by atoms with Gasteiger partial charge in [-0.2, -0.15) is 0 Å². The Labute approximate surface area is 198 Å². The summed E-state index contributed by atoms with van der Waals surface area (Å²) >= 11 is 13.5. The molecule has 4 aromatic rings. The van der Waals surface area contributed by atoms with E-state index in [1.807, 2.05) is 0 Å². The van der Waals surface area contributed by atoms with Crippen LogP contribution in [-0.4, -0.2) is 16.6 Å². The number of hydrogen-bond acceptors (Lipinski definition) is 5. The maximum atomic E-state index is 14.1. The number of Topliss-reactive ketones (excluding diaryl/α,β-unsaturated/α-hetero) is 2. The standard InChI is InChI=1S/C21H4Cl2F5NO2S2/c22-9-3-6-7(4-10(9)23)19(31)8(18(6)30)1-5-2-11-20(32-5)29-21(33-11)12-13(24)15(26)17(28)16(27)14(12)25/h1-4H. The van der Waals surface area contributed by atoms with Gasteiger partial charge >= 0.3 is 0 Å². The fourth-order valence-corrected chi connectivity index (χ4v) is 5.84. The number of fused-ring (bicyclic) bond motifs is 2. The molecule has 5 rings (SSSR count). The molecule has 2 heterocycles. The Morgan fingerprint density at radius 1 is 0.758 bits per heavy atom. The molecule has 0 spiro atoms. The highest BCUT2D eigenvalue weighted by molar-refractivity contribution is 7.29. The summed E-state index contributed by atoms with van der Waals surface area (Å²) in [5.41, 5.74) is -1.02. The Morgan fingerprint density at radius 2 is 1.27 bits per heavy atom. The first-order valence-corrected chi connectivity index (χ1v) is 11.2. The average molecular weight is 532 g/mol. The zero-order valence-corrected chi connectivity index (χ0v) is 18.7. The van der Waals surface area contributed by atoms with Crippen LogP contribution in [0.4, 0.5) is 22.0 Å². The van der Waals surface area contributed by atoms with Gasteiger partial charge in [0.05, 0.1) is 25.9 Å². The number of nitrogens with zero attached hydrogens (tertiary/aromatic N) is 1. The predicted octanol–water partition coefficient (Wildman–Crippen LogP) is 7.49. The maximum absolute atomic E-state index is 14.1. The van der Waals surface area contributed by atoms with Crippen molar-refractivity contribution < 1.29 is 31.5 Å². The number of carbonyl (C=O) groups is 2. The van der Waals surface area contributed by atoms with Crippen LogP contribution in [0, 0.1) is 29.1 Å². The van der Waals surface area contributed by atoms with Gasteiger partial charge in [-0.15, -0.1) is 22.7 Å². The minimum Gasteiger partial charge on any atom is -0.288 e. The molecule has 1 aliphatic rings. The van der Waals surface area contributed by atoms with Crippen molar-refractivity contribution in [3.63, 3.8) is 0 Å². The molecule has 2 aromatic carbocycles. The predicted molar refractivity (Wildman–Crippen MR) is 116 cm³/mol. The van der Waals surface area contributed by atoms with E-state index in [9.17, 15) is 31.5 Å². The highest BCUT2D eigenvalue weighted by atomic mass is 35.5. The molecular weight excluding hydrogens is 528 g/mol. The van der Waals surface area contributed by atoms with E-state index in [1.165, 1.54) is 24.3 Å². The van der Waals surface area contributed by atoms with Gasteiger partial charge in [-0.3, -0.25) is 9.59 Å². The monoisotopic (exact) mass is 531 g/mol. The Hall–Kier alpha value is -2.66. The number of thiophene rings is 1. The summed E-state index contributed by atoms with van der Waals surface area (Å²) in [5.74, 6) is -11.4. The Balaban J connectivity index is 1.55. The quantitative estimate of drug-likeness (QED) is 0.0884. The molecule has 0 saturated heterocycles. The molecule has 0 radical (unpaired) electrons. The molecule has 12 heteroatoms. The number of thiazole rings is 1. The highest BCUT2D eigenvalue weighted by Gasteiger charge is 2.34. The lowest BCUT2D eigenvalue weighted by molar-refractivity contribution is 0.0990. The molecule has 0 atom stereocenters. The van der Waals surface area contributed by atoms with E-state index in [4.69, 9.17) is 23.2 Å². The molecule has 0 bridgehead atoms. The molecule has 0 aliphatic heterocycles. The van der Waals surface area contributed by atoms with Crippen molar-refractivity contribution in [2.75, 3.05) is 0 Å². The van der Waals surface area contributed by atoms with Crippen LogP contribution in [0.3, 0.4) is 0 Å². The third-order valence-corrected chi connectivity index (χ3v) is 7.70. The van der Waals surface area contributed by atoms with E-state index in [1.54, 1.807) is 0 Å². The van der Waals surface area contributed by atoms with Crippen LogP contribution >= 0.6 is 45.9 Å². The van der Waals surface area contributed by atoms with E-state index < -0.39 is 51.2 Å². The van der Waals surface area contributed by atoms with Gasteiger partial charge in [-0.05, 0) is 24.3 Å². The number of carbonyl (C=O) groups excluding carboxylic acids is 2. The Morgan fingerprint density at radius 3 is 1.79 bits per heavy atom. The van der Waals surface area contributed by atoms with Gasteiger partial charge in [-0.1, -0.05) is 23.2 Å². The van der Waals surface area contributed by atoms with Gasteiger partial charge in [-0.25, -0.2) is 26.9 Å². The van der Waals surface area contributed by atoms with Crippen molar-refractivity contribution in [3.8, 4) is 10.6 Å². The van der Waals surface area contributed by atoms with Gasteiger partial charge in [0.25, 0.3) is 0 Å². The summed E-state index contributed by atoms with van der Waals surface area (Å²) < 4.78 is 68.9. The minimum absolute atomic E-state index is 0.116. The van der Waals surface area contributed by atoms with Crippen LogP contribution in [-0.2, 0) is 0 Å². The van der Waals surface area contributed by atoms with E-state index in [-0.39, 0.29) is 31.6 Å². The van der Waals surface area contributed by atoms with Crippen LogP contribution in [0.1, 0.15) is 25.6 Å². The number of benzene rings is 2. The first-order valence-electron chi connectivity index (χ1n) is 8.80. The van der Waals surface area contributed by atoms with Crippen molar-refractivity contribution in [2.45, 2.75) is 0 Å². The largest absolute Gasteiger partial charge is 0.288 e. The molecule has 0 amide bonds.